The Bertz CT molecular complexity index is 734. The molecule has 0 saturated heterocycles. The highest BCUT2D eigenvalue weighted by Gasteiger charge is 2.31. The van der Waals surface area contributed by atoms with Crippen molar-refractivity contribution in [3.8, 4) is 5.75 Å². The second-order valence-electron chi connectivity index (χ2n) is 4.84. The number of thiocarbonyl (C=S) groups is 1. The van der Waals surface area contributed by atoms with Gasteiger partial charge in [-0.2, -0.15) is 13.2 Å². The highest BCUT2D eigenvalue weighted by Crippen LogP contribution is 2.30. The maximum Gasteiger partial charge on any atom is 0.416 e. The molecule has 0 radical (unpaired) electrons. The van der Waals surface area contributed by atoms with Crippen LogP contribution >= 0.6 is 12.2 Å². The minimum atomic E-state index is -4.57. The average molecular weight is 358 g/mol. The molecule has 0 unspecified atom stereocenters. The van der Waals surface area contributed by atoms with Gasteiger partial charge >= 0.3 is 6.18 Å². The van der Waals surface area contributed by atoms with Crippen molar-refractivity contribution < 1.29 is 22.3 Å². The number of nitrogens with one attached hydrogen (secondary N) is 2. The van der Waals surface area contributed by atoms with Gasteiger partial charge in [0.15, 0.2) is 5.11 Å². The van der Waals surface area contributed by atoms with E-state index in [2.05, 4.69) is 10.6 Å². The van der Waals surface area contributed by atoms with Gasteiger partial charge in [0.2, 0.25) is 0 Å². The van der Waals surface area contributed by atoms with E-state index in [1.807, 2.05) is 0 Å². The van der Waals surface area contributed by atoms with Gasteiger partial charge in [-0.15, -0.1) is 0 Å². The molecule has 0 saturated carbocycles. The standard InChI is InChI=1S/C16H14F4N2OS/c1-23-13-4-2-3-12(8-13)22-15(24)21-9-10-5-6-11(7-14(10)17)16(18,19)20/h2-8H,9H2,1H3,(H2,21,22,24). The third kappa shape index (κ3) is 4.82. The first-order chi connectivity index (χ1) is 11.3. The first kappa shape index (κ1) is 18.0. The van der Waals surface area contributed by atoms with Crippen LogP contribution in [-0.4, -0.2) is 12.2 Å². The van der Waals surface area contributed by atoms with Gasteiger partial charge in [-0.1, -0.05) is 12.1 Å². The predicted octanol–water partition coefficient (Wildman–Crippen LogP) is 4.34. The minimum absolute atomic E-state index is 0.0419. The summed E-state index contributed by atoms with van der Waals surface area (Å²) in [6.45, 7) is -0.0419. The van der Waals surface area contributed by atoms with Crippen molar-refractivity contribution in [2.75, 3.05) is 12.4 Å². The normalized spacial score (nSPS) is 11.0. The fourth-order valence-corrected chi connectivity index (χ4v) is 2.11. The molecule has 0 heterocycles. The molecule has 2 aromatic carbocycles. The number of hydrogen-bond acceptors (Lipinski definition) is 2. The molecule has 2 aromatic rings. The van der Waals surface area contributed by atoms with E-state index < -0.39 is 17.6 Å². The van der Waals surface area contributed by atoms with Crippen LogP contribution in [0, 0.1) is 5.82 Å². The van der Waals surface area contributed by atoms with Gasteiger partial charge in [0.25, 0.3) is 0 Å². The lowest BCUT2D eigenvalue weighted by Gasteiger charge is -2.13. The number of halogens is 4. The number of rotatable bonds is 4. The maximum absolute atomic E-state index is 13.7. The minimum Gasteiger partial charge on any atom is -0.497 e. The topological polar surface area (TPSA) is 33.3 Å². The van der Waals surface area contributed by atoms with Crippen LogP contribution in [0.15, 0.2) is 42.5 Å². The van der Waals surface area contributed by atoms with E-state index in [0.29, 0.717) is 17.5 Å². The van der Waals surface area contributed by atoms with Crippen LogP contribution in [0.1, 0.15) is 11.1 Å². The van der Waals surface area contributed by atoms with E-state index in [1.165, 1.54) is 7.11 Å². The number of anilines is 1. The highest BCUT2D eigenvalue weighted by atomic mass is 32.1. The summed E-state index contributed by atoms with van der Waals surface area (Å²) in [4.78, 5) is 0. The van der Waals surface area contributed by atoms with Crippen molar-refractivity contribution in [2.24, 2.45) is 0 Å². The molecule has 0 atom stereocenters. The zero-order valence-electron chi connectivity index (χ0n) is 12.6. The van der Waals surface area contributed by atoms with Gasteiger partial charge in [0, 0.05) is 23.9 Å². The largest absolute Gasteiger partial charge is 0.497 e. The van der Waals surface area contributed by atoms with E-state index in [-0.39, 0.29) is 17.2 Å². The molecular weight excluding hydrogens is 344 g/mol. The van der Waals surface area contributed by atoms with Crippen molar-refractivity contribution in [1.29, 1.82) is 0 Å². The quantitative estimate of drug-likeness (QED) is 0.629. The number of ether oxygens (including phenoxy) is 1. The van der Waals surface area contributed by atoms with Crippen LogP contribution < -0.4 is 15.4 Å². The van der Waals surface area contributed by atoms with Crippen LogP contribution in [0.4, 0.5) is 23.2 Å². The van der Waals surface area contributed by atoms with Crippen LogP contribution in [-0.2, 0) is 12.7 Å². The van der Waals surface area contributed by atoms with E-state index in [0.717, 1.165) is 12.1 Å². The molecule has 24 heavy (non-hydrogen) atoms. The van der Waals surface area contributed by atoms with Gasteiger partial charge in [0.1, 0.15) is 11.6 Å². The highest BCUT2D eigenvalue weighted by molar-refractivity contribution is 7.80. The molecule has 2 N–H and O–H groups in total. The smallest absolute Gasteiger partial charge is 0.416 e. The summed E-state index contributed by atoms with van der Waals surface area (Å²) in [6.07, 6.45) is -4.57. The van der Waals surface area contributed by atoms with Crippen LogP contribution in [0.25, 0.3) is 0 Å². The number of benzene rings is 2. The third-order valence-electron chi connectivity index (χ3n) is 3.15. The fraction of sp³-hybridized carbons (Fsp3) is 0.188. The Labute approximate surface area is 141 Å². The Kier molecular flexibility index (Phi) is 5.61. The molecule has 2 rings (SSSR count). The van der Waals surface area contributed by atoms with Crippen molar-refractivity contribution >= 4 is 23.0 Å². The SMILES string of the molecule is COc1cccc(NC(=S)NCc2ccc(C(F)(F)F)cc2F)c1. The predicted molar refractivity (Wildman–Crippen MR) is 87.5 cm³/mol. The second-order valence-corrected chi connectivity index (χ2v) is 5.25. The first-order valence-electron chi connectivity index (χ1n) is 6.84. The van der Waals surface area contributed by atoms with E-state index in [9.17, 15) is 17.6 Å². The summed E-state index contributed by atoms with van der Waals surface area (Å²) in [5.41, 5.74) is -0.279. The van der Waals surface area contributed by atoms with Crippen LogP contribution in [0.5, 0.6) is 5.75 Å². The molecule has 0 aromatic heterocycles. The van der Waals surface area contributed by atoms with Crippen molar-refractivity contribution in [3.63, 3.8) is 0 Å². The zero-order chi connectivity index (χ0) is 17.7. The van der Waals surface area contributed by atoms with Gasteiger partial charge in [0.05, 0.1) is 12.7 Å². The Hall–Kier alpha value is -2.35. The van der Waals surface area contributed by atoms with E-state index in [4.69, 9.17) is 17.0 Å². The van der Waals surface area contributed by atoms with Crippen molar-refractivity contribution in [1.82, 2.24) is 5.32 Å². The third-order valence-corrected chi connectivity index (χ3v) is 3.39. The van der Waals surface area contributed by atoms with Crippen molar-refractivity contribution in [2.45, 2.75) is 12.7 Å². The molecule has 0 aliphatic rings. The zero-order valence-corrected chi connectivity index (χ0v) is 13.4. The summed E-state index contributed by atoms with van der Waals surface area (Å²) in [7, 11) is 1.53. The van der Waals surface area contributed by atoms with E-state index >= 15 is 0 Å². The molecule has 8 heteroatoms. The summed E-state index contributed by atoms with van der Waals surface area (Å²) >= 11 is 5.08. The van der Waals surface area contributed by atoms with Gasteiger partial charge in [-0.25, -0.2) is 4.39 Å². The average Bonchev–Trinajstić information content (AvgIpc) is 2.53. The van der Waals surface area contributed by atoms with Crippen LogP contribution in [0.2, 0.25) is 0 Å². The molecule has 0 amide bonds. The lowest BCUT2D eigenvalue weighted by Crippen LogP contribution is -2.28. The molecular formula is C16H14F4N2OS. The van der Waals surface area contributed by atoms with Gasteiger partial charge in [-0.05, 0) is 36.5 Å². The molecule has 0 aliphatic carbocycles. The summed E-state index contributed by atoms with van der Waals surface area (Å²) in [5, 5.41) is 5.83. The molecule has 3 nitrogen and oxygen atoms in total. The number of methoxy groups -OCH3 is 1. The molecule has 0 bridgehead atoms. The van der Waals surface area contributed by atoms with Crippen LogP contribution in [0.3, 0.4) is 0 Å². The van der Waals surface area contributed by atoms with Crippen molar-refractivity contribution in [3.05, 3.63) is 59.4 Å². The summed E-state index contributed by atoms with van der Waals surface area (Å²) in [6, 6.07) is 9.38. The van der Waals surface area contributed by atoms with E-state index in [1.54, 1.807) is 24.3 Å². The van der Waals surface area contributed by atoms with Gasteiger partial charge < -0.3 is 15.4 Å². The first-order valence-corrected chi connectivity index (χ1v) is 7.25. The lowest BCUT2D eigenvalue weighted by atomic mass is 10.1. The number of alkyl halides is 3. The van der Waals surface area contributed by atoms with Gasteiger partial charge in [-0.3, -0.25) is 0 Å². The molecule has 0 aliphatic heterocycles. The molecule has 0 spiro atoms. The lowest BCUT2D eigenvalue weighted by molar-refractivity contribution is -0.137. The maximum atomic E-state index is 13.7. The Morgan fingerprint density at radius 3 is 2.54 bits per heavy atom. The summed E-state index contributed by atoms with van der Waals surface area (Å²) in [5.74, 6) is -0.307. The Balaban J connectivity index is 1.96. The Morgan fingerprint density at radius 2 is 1.92 bits per heavy atom. The molecule has 128 valence electrons. The fourth-order valence-electron chi connectivity index (χ4n) is 1.92. The summed E-state index contributed by atoms with van der Waals surface area (Å²) < 4.78 is 56.3. The second kappa shape index (κ2) is 7.48. The molecule has 0 fully saturated rings. The Morgan fingerprint density at radius 1 is 1.17 bits per heavy atom. The monoisotopic (exact) mass is 358 g/mol. The number of hydrogen-bond donors (Lipinski definition) is 2.